The van der Waals surface area contributed by atoms with Gasteiger partial charge in [0.1, 0.15) is 0 Å². The molecule has 18 heavy (non-hydrogen) atoms. The summed E-state index contributed by atoms with van der Waals surface area (Å²) in [6.45, 7) is 5.50. The summed E-state index contributed by atoms with van der Waals surface area (Å²) >= 11 is 0. The molecule has 104 valence electrons. The summed E-state index contributed by atoms with van der Waals surface area (Å²) in [5.74, 6) is 1.06. The Bertz CT molecular complexity index is 306. The van der Waals surface area contributed by atoms with E-state index in [0.717, 1.165) is 38.8 Å². The van der Waals surface area contributed by atoms with Gasteiger partial charge in [-0.1, -0.05) is 6.92 Å². The molecule has 1 aliphatic carbocycles. The third kappa shape index (κ3) is 2.86. The first-order valence-corrected chi connectivity index (χ1v) is 7.21. The van der Waals surface area contributed by atoms with Crippen LogP contribution in [0.2, 0.25) is 0 Å². The van der Waals surface area contributed by atoms with E-state index in [1.54, 1.807) is 0 Å². The predicted octanol–water partition coefficient (Wildman–Crippen LogP) is 0.979. The van der Waals surface area contributed by atoms with E-state index in [2.05, 4.69) is 6.92 Å². The second kappa shape index (κ2) is 5.57. The Hall–Kier alpha value is -0.610. The highest BCUT2D eigenvalue weighted by Crippen LogP contribution is 2.32. The number of nitrogens with zero attached hydrogens (tertiary/aromatic N) is 1. The monoisotopic (exact) mass is 254 g/mol. The Balaban J connectivity index is 1.95. The zero-order valence-electron chi connectivity index (χ0n) is 11.5. The maximum absolute atomic E-state index is 12.5. The smallest absolute Gasteiger partial charge is 0.226 e. The lowest BCUT2D eigenvalue weighted by Gasteiger charge is -2.34. The summed E-state index contributed by atoms with van der Waals surface area (Å²) in [5, 5.41) is 9.60. The van der Waals surface area contributed by atoms with Crippen molar-refractivity contribution in [1.82, 2.24) is 4.90 Å². The molecule has 0 bridgehead atoms. The van der Waals surface area contributed by atoms with Crippen molar-refractivity contribution in [3.05, 3.63) is 0 Å². The summed E-state index contributed by atoms with van der Waals surface area (Å²) in [7, 11) is 0. The van der Waals surface area contributed by atoms with Gasteiger partial charge in [0.2, 0.25) is 5.91 Å². The minimum Gasteiger partial charge on any atom is -0.393 e. The van der Waals surface area contributed by atoms with Crippen LogP contribution in [0.3, 0.4) is 0 Å². The second-order valence-electron chi connectivity index (χ2n) is 6.23. The fourth-order valence-corrected chi connectivity index (χ4v) is 3.31. The van der Waals surface area contributed by atoms with Gasteiger partial charge in [-0.2, -0.15) is 0 Å². The van der Waals surface area contributed by atoms with E-state index >= 15 is 0 Å². The highest BCUT2D eigenvalue weighted by atomic mass is 16.3. The van der Waals surface area contributed by atoms with E-state index in [4.69, 9.17) is 5.73 Å². The number of carbonyl (C=O) groups excluding carboxylic acids is 1. The molecule has 1 saturated heterocycles. The average Bonchev–Trinajstić information content (AvgIpc) is 2.81. The third-order valence-corrected chi connectivity index (χ3v) is 4.77. The molecule has 2 rings (SSSR count). The second-order valence-corrected chi connectivity index (χ2v) is 6.23. The number of aliphatic hydroxyl groups excluding tert-OH is 1. The van der Waals surface area contributed by atoms with Crippen molar-refractivity contribution in [2.75, 3.05) is 13.1 Å². The molecule has 4 nitrogen and oxygen atoms in total. The third-order valence-electron chi connectivity index (χ3n) is 4.77. The molecule has 0 aromatic carbocycles. The van der Waals surface area contributed by atoms with Crippen LogP contribution in [-0.4, -0.2) is 41.1 Å². The molecule has 0 spiro atoms. The average molecular weight is 254 g/mol. The fraction of sp³-hybridized carbons (Fsp3) is 0.929. The van der Waals surface area contributed by atoms with E-state index in [0.29, 0.717) is 5.92 Å². The Labute approximate surface area is 110 Å². The van der Waals surface area contributed by atoms with Gasteiger partial charge in [0.25, 0.3) is 0 Å². The summed E-state index contributed by atoms with van der Waals surface area (Å²) in [4.78, 5) is 14.5. The Morgan fingerprint density at radius 3 is 2.72 bits per heavy atom. The standard InChI is InChI=1S/C14H26N2O2/c1-9-3-4-12(15)7-13(9)14(18)16-6-5-11(8-16)10(2)17/h9-13,17H,3-8,15H2,1-2H3. The number of amides is 1. The van der Waals surface area contributed by atoms with Gasteiger partial charge in [0, 0.05) is 31.0 Å². The summed E-state index contributed by atoms with van der Waals surface area (Å²) in [5.41, 5.74) is 5.99. The van der Waals surface area contributed by atoms with Gasteiger partial charge in [-0.3, -0.25) is 4.79 Å². The molecular formula is C14H26N2O2. The number of carbonyl (C=O) groups is 1. The number of rotatable bonds is 2. The first-order valence-electron chi connectivity index (χ1n) is 7.21. The fourth-order valence-electron chi connectivity index (χ4n) is 3.31. The van der Waals surface area contributed by atoms with E-state index < -0.39 is 0 Å². The van der Waals surface area contributed by atoms with Crippen molar-refractivity contribution in [2.24, 2.45) is 23.5 Å². The highest BCUT2D eigenvalue weighted by molar-refractivity contribution is 5.79. The van der Waals surface area contributed by atoms with Crippen LogP contribution in [0.15, 0.2) is 0 Å². The van der Waals surface area contributed by atoms with Gasteiger partial charge in [-0.15, -0.1) is 0 Å². The molecular weight excluding hydrogens is 228 g/mol. The molecule has 1 amide bonds. The van der Waals surface area contributed by atoms with Gasteiger partial charge < -0.3 is 15.7 Å². The van der Waals surface area contributed by atoms with Gasteiger partial charge in [0.15, 0.2) is 0 Å². The molecule has 2 aliphatic rings. The number of nitrogens with two attached hydrogens (primary N) is 1. The summed E-state index contributed by atoms with van der Waals surface area (Å²) < 4.78 is 0. The van der Waals surface area contributed by atoms with Crippen LogP contribution in [0, 0.1) is 17.8 Å². The quantitative estimate of drug-likeness (QED) is 0.772. The topological polar surface area (TPSA) is 66.6 Å². The number of hydrogen-bond acceptors (Lipinski definition) is 3. The molecule has 5 unspecified atom stereocenters. The summed E-state index contributed by atoms with van der Waals surface area (Å²) in [6.07, 6.45) is 3.55. The lowest BCUT2D eigenvalue weighted by atomic mass is 9.77. The van der Waals surface area contributed by atoms with Crippen molar-refractivity contribution < 1.29 is 9.90 Å². The molecule has 1 saturated carbocycles. The molecule has 1 heterocycles. The van der Waals surface area contributed by atoms with Crippen molar-refractivity contribution in [3.63, 3.8) is 0 Å². The minimum absolute atomic E-state index is 0.0986. The largest absolute Gasteiger partial charge is 0.393 e. The summed E-state index contributed by atoms with van der Waals surface area (Å²) in [6, 6.07) is 0.185. The number of aliphatic hydroxyl groups is 1. The van der Waals surface area contributed by atoms with Gasteiger partial charge in [0.05, 0.1) is 6.10 Å². The van der Waals surface area contributed by atoms with Crippen molar-refractivity contribution in [3.8, 4) is 0 Å². The molecule has 0 radical (unpaired) electrons. The molecule has 5 atom stereocenters. The minimum atomic E-state index is -0.311. The van der Waals surface area contributed by atoms with Gasteiger partial charge in [-0.05, 0) is 38.5 Å². The Morgan fingerprint density at radius 2 is 2.11 bits per heavy atom. The van der Waals surface area contributed by atoms with Crippen LogP contribution in [0.1, 0.15) is 39.5 Å². The molecule has 0 aromatic heterocycles. The predicted molar refractivity (Wildman–Crippen MR) is 70.8 cm³/mol. The maximum atomic E-state index is 12.5. The SMILES string of the molecule is CC(O)C1CCN(C(=O)C2CC(N)CCC2C)C1. The molecule has 1 aliphatic heterocycles. The zero-order chi connectivity index (χ0) is 13.3. The zero-order valence-corrected chi connectivity index (χ0v) is 11.5. The maximum Gasteiger partial charge on any atom is 0.226 e. The van der Waals surface area contributed by atoms with E-state index in [9.17, 15) is 9.90 Å². The van der Waals surface area contributed by atoms with Crippen LogP contribution < -0.4 is 5.73 Å². The van der Waals surface area contributed by atoms with Crippen molar-refractivity contribution >= 4 is 5.91 Å². The molecule has 2 fully saturated rings. The van der Waals surface area contributed by atoms with E-state index in [1.165, 1.54) is 0 Å². The van der Waals surface area contributed by atoms with Crippen LogP contribution in [0.4, 0.5) is 0 Å². The first-order chi connectivity index (χ1) is 8.49. The molecule has 3 N–H and O–H groups in total. The van der Waals surface area contributed by atoms with Crippen molar-refractivity contribution in [2.45, 2.75) is 51.7 Å². The lowest BCUT2D eigenvalue weighted by molar-refractivity contribution is -0.137. The number of hydrogen-bond donors (Lipinski definition) is 2. The van der Waals surface area contributed by atoms with E-state index in [-0.39, 0.29) is 29.9 Å². The first kappa shape index (κ1) is 13.8. The van der Waals surface area contributed by atoms with Crippen LogP contribution in [0.5, 0.6) is 0 Å². The Morgan fingerprint density at radius 1 is 1.39 bits per heavy atom. The van der Waals surface area contributed by atoms with Crippen LogP contribution in [-0.2, 0) is 4.79 Å². The van der Waals surface area contributed by atoms with Crippen LogP contribution >= 0.6 is 0 Å². The Kier molecular flexibility index (Phi) is 4.28. The highest BCUT2D eigenvalue weighted by Gasteiger charge is 2.37. The molecule has 0 aromatic rings. The lowest BCUT2D eigenvalue weighted by Crippen LogP contribution is -2.43. The van der Waals surface area contributed by atoms with Crippen LogP contribution in [0.25, 0.3) is 0 Å². The van der Waals surface area contributed by atoms with Gasteiger partial charge >= 0.3 is 0 Å². The normalized spacial score (nSPS) is 38.8. The van der Waals surface area contributed by atoms with Crippen molar-refractivity contribution in [1.29, 1.82) is 0 Å². The number of likely N-dealkylation sites (tertiary alicyclic amines) is 1. The van der Waals surface area contributed by atoms with E-state index in [1.807, 2.05) is 11.8 Å². The van der Waals surface area contributed by atoms with Gasteiger partial charge in [-0.25, -0.2) is 0 Å². The molecule has 4 heteroatoms.